The molecule has 1 aromatic rings. The average Bonchev–Trinajstić information content (AvgIpc) is 2.56. The van der Waals surface area contributed by atoms with Gasteiger partial charge in [0.25, 0.3) is 0 Å². The van der Waals surface area contributed by atoms with Crippen LogP contribution < -0.4 is 10.6 Å². The van der Waals surface area contributed by atoms with E-state index in [1.54, 1.807) is 6.07 Å². The van der Waals surface area contributed by atoms with Crippen molar-refractivity contribution in [2.45, 2.75) is 50.4 Å². The molecule has 1 fully saturated rings. The van der Waals surface area contributed by atoms with Crippen LogP contribution in [0.5, 0.6) is 5.75 Å². The van der Waals surface area contributed by atoms with E-state index in [4.69, 9.17) is 0 Å². The van der Waals surface area contributed by atoms with Gasteiger partial charge in [0.2, 0.25) is 0 Å². The minimum atomic E-state index is -0.606. The van der Waals surface area contributed by atoms with Crippen LogP contribution in [-0.4, -0.2) is 35.2 Å². The van der Waals surface area contributed by atoms with Crippen molar-refractivity contribution in [3.8, 4) is 5.75 Å². The zero-order valence-electron chi connectivity index (χ0n) is 13.8. The Labute approximate surface area is 142 Å². The van der Waals surface area contributed by atoms with Gasteiger partial charge in [-0.05, 0) is 50.1 Å². The molecule has 1 saturated carbocycles. The SMILES string of the molecule is CCNC(=NCc1ccc(O)c(F)c1)NC1CCCC(SC)C1. The number of hydrogen-bond acceptors (Lipinski definition) is 3. The molecule has 0 spiro atoms. The van der Waals surface area contributed by atoms with Crippen LogP contribution in [-0.2, 0) is 6.54 Å². The second-order valence-corrected chi connectivity index (χ2v) is 6.98. The normalized spacial score (nSPS) is 22.0. The molecule has 0 aliphatic heterocycles. The van der Waals surface area contributed by atoms with Crippen molar-refractivity contribution in [1.82, 2.24) is 10.6 Å². The molecule has 0 amide bonds. The summed E-state index contributed by atoms with van der Waals surface area (Å²) in [6.07, 6.45) is 7.02. The summed E-state index contributed by atoms with van der Waals surface area (Å²) in [7, 11) is 0. The van der Waals surface area contributed by atoms with Gasteiger partial charge in [0, 0.05) is 17.8 Å². The Balaban J connectivity index is 1.97. The highest BCUT2D eigenvalue weighted by Crippen LogP contribution is 2.26. The average molecular weight is 339 g/mol. The van der Waals surface area contributed by atoms with Gasteiger partial charge in [0.15, 0.2) is 17.5 Å². The second kappa shape index (κ2) is 9.01. The summed E-state index contributed by atoms with van der Waals surface area (Å²) >= 11 is 1.94. The molecule has 23 heavy (non-hydrogen) atoms. The molecule has 2 atom stereocenters. The van der Waals surface area contributed by atoms with Gasteiger partial charge in [-0.1, -0.05) is 12.5 Å². The highest BCUT2D eigenvalue weighted by molar-refractivity contribution is 7.99. The van der Waals surface area contributed by atoms with E-state index in [-0.39, 0.29) is 5.75 Å². The first-order chi connectivity index (χ1) is 11.1. The molecule has 2 unspecified atom stereocenters. The maximum Gasteiger partial charge on any atom is 0.191 e. The number of hydrogen-bond donors (Lipinski definition) is 3. The molecular weight excluding hydrogens is 313 g/mol. The van der Waals surface area contributed by atoms with Gasteiger partial charge < -0.3 is 15.7 Å². The van der Waals surface area contributed by atoms with E-state index in [0.29, 0.717) is 12.6 Å². The third-order valence-corrected chi connectivity index (χ3v) is 5.17. The molecule has 0 aromatic heterocycles. The van der Waals surface area contributed by atoms with Crippen molar-refractivity contribution in [3.05, 3.63) is 29.6 Å². The third-order valence-electron chi connectivity index (χ3n) is 4.08. The van der Waals surface area contributed by atoms with Crippen molar-refractivity contribution in [3.63, 3.8) is 0 Å². The Morgan fingerprint density at radius 1 is 1.43 bits per heavy atom. The lowest BCUT2D eigenvalue weighted by Crippen LogP contribution is -2.45. The number of aliphatic imine (C=N–C) groups is 1. The predicted molar refractivity (Wildman–Crippen MR) is 95.6 cm³/mol. The lowest BCUT2D eigenvalue weighted by Gasteiger charge is -2.29. The molecule has 1 aliphatic carbocycles. The highest BCUT2D eigenvalue weighted by atomic mass is 32.2. The molecule has 3 N–H and O–H groups in total. The quantitative estimate of drug-likeness (QED) is 0.569. The smallest absolute Gasteiger partial charge is 0.191 e. The molecule has 0 saturated heterocycles. The van der Waals surface area contributed by atoms with Gasteiger partial charge >= 0.3 is 0 Å². The molecular formula is C17H26FN3OS. The minimum absolute atomic E-state index is 0.326. The van der Waals surface area contributed by atoms with E-state index in [1.807, 2.05) is 18.7 Å². The topological polar surface area (TPSA) is 56.7 Å². The lowest BCUT2D eigenvalue weighted by molar-refractivity contribution is 0.419. The zero-order chi connectivity index (χ0) is 16.7. The summed E-state index contributed by atoms with van der Waals surface area (Å²) < 4.78 is 13.4. The van der Waals surface area contributed by atoms with Gasteiger partial charge in [0.05, 0.1) is 6.54 Å². The fraction of sp³-hybridized carbons (Fsp3) is 0.588. The fourth-order valence-electron chi connectivity index (χ4n) is 2.82. The number of aromatic hydroxyl groups is 1. The van der Waals surface area contributed by atoms with Gasteiger partial charge in [-0.15, -0.1) is 0 Å². The molecule has 0 heterocycles. The molecule has 0 radical (unpaired) electrons. The standard InChI is InChI=1S/C17H26FN3OS/c1-3-19-17(21-13-5-4-6-14(10-13)23-2)20-11-12-7-8-16(22)15(18)9-12/h7-9,13-14,22H,3-6,10-11H2,1-2H3,(H2,19,20,21). The Kier molecular flexibility index (Phi) is 7.02. The Hall–Kier alpha value is -1.43. The number of guanidine groups is 1. The number of nitrogens with zero attached hydrogens (tertiary/aromatic N) is 1. The fourth-order valence-corrected chi connectivity index (χ4v) is 3.65. The predicted octanol–water partition coefficient (Wildman–Crippen LogP) is 3.26. The van der Waals surface area contributed by atoms with Crippen LogP contribution >= 0.6 is 11.8 Å². The van der Waals surface area contributed by atoms with E-state index in [0.717, 1.165) is 36.2 Å². The number of rotatable bonds is 5. The highest BCUT2D eigenvalue weighted by Gasteiger charge is 2.21. The molecule has 1 aliphatic rings. The zero-order valence-corrected chi connectivity index (χ0v) is 14.6. The van der Waals surface area contributed by atoms with Crippen molar-refractivity contribution < 1.29 is 9.50 Å². The maximum atomic E-state index is 13.4. The van der Waals surface area contributed by atoms with Crippen LogP contribution in [0, 0.1) is 5.82 Å². The summed E-state index contributed by atoms with van der Waals surface area (Å²) in [6, 6.07) is 4.82. The molecule has 4 nitrogen and oxygen atoms in total. The number of nitrogens with one attached hydrogen (secondary N) is 2. The molecule has 1 aromatic carbocycles. The van der Waals surface area contributed by atoms with E-state index >= 15 is 0 Å². The van der Waals surface area contributed by atoms with Gasteiger partial charge in [-0.3, -0.25) is 0 Å². The summed E-state index contributed by atoms with van der Waals surface area (Å²) in [6.45, 7) is 3.20. The number of benzene rings is 1. The maximum absolute atomic E-state index is 13.4. The first-order valence-electron chi connectivity index (χ1n) is 8.17. The first kappa shape index (κ1) is 17.9. The van der Waals surface area contributed by atoms with Crippen LogP contribution in [0.1, 0.15) is 38.2 Å². The van der Waals surface area contributed by atoms with Crippen molar-refractivity contribution in [1.29, 1.82) is 0 Å². The van der Waals surface area contributed by atoms with E-state index < -0.39 is 5.82 Å². The van der Waals surface area contributed by atoms with Crippen LogP contribution in [0.2, 0.25) is 0 Å². The Bertz CT molecular complexity index is 539. The summed E-state index contributed by atoms with van der Waals surface area (Å²) in [4.78, 5) is 4.54. The molecule has 6 heteroatoms. The summed E-state index contributed by atoms with van der Waals surface area (Å²) in [5, 5.41) is 16.7. The van der Waals surface area contributed by atoms with Crippen LogP contribution in [0.3, 0.4) is 0 Å². The molecule has 0 bridgehead atoms. The van der Waals surface area contributed by atoms with Crippen LogP contribution in [0.25, 0.3) is 0 Å². The van der Waals surface area contributed by atoms with Crippen LogP contribution in [0.4, 0.5) is 4.39 Å². The van der Waals surface area contributed by atoms with E-state index in [9.17, 15) is 9.50 Å². The number of phenols is 1. The largest absolute Gasteiger partial charge is 0.505 e. The third kappa shape index (κ3) is 5.61. The summed E-state index contributed by atoms with van der Waals surface area (Å²) in [5.41, 5.74) is 0.739. The van der Waals surface area contributed by atoms with Crippen molar-refractivity contribution in [2.24, 2.45) is 4.99 Å². The molecule has 128 valence electrons. The number of halogens is 1. The van der Waals surface area contributed by atoms with Crippen molar-refractivity contribution >= 4 is 17.7 Å². The molecule has 2 rings (SSSR count). The Morgan fingerprint density at radius 3 is 2.96 bits per heavy atom. The van der Waals surface area contributed by atoms with Gasteiger partial charge in [-0.2, -0.15) is 11.8 Å². The van der Waals surface area contributed by atoms with Gasteiger partial charge in [0.1, 0.15) is 0 Å². The minimum Gasteiger partial charge on any atom is -0.505 e. The second-order valence-electron chi connectivity index (χ2n) is 5.85. The van der Waals surface area contributed by atoms with E-state index in [2.05, 4.69) is 21.9 Å². The van der Waals surface area contributed by atoms with E-state index in [1.165, 1.54) is 25.0 Å². The number of phenolic OH excluding ortho intramolecular Hbond substituents is 1. The Morgan fingerprint density at radius 2 is 2.26 bits per heavy atom. The number of thioether (sulfide) groups is 1. The first-order valence-corrected chi connectivity index (χ1v) is 9.46. The van der Waals surface area contributed by atoms with Gasteiger partial charge in [-0.25, -0.2) is 9.38 Å². The van der Waals surface area contributed by atoms with Crippen LogP contribution in [0.15, 0.2) is 23.2 Å². The monoisotopic (exact) mass is 339 g/mol. The van der Waals surface area contributed by atoms with Crippen molar-refractivity contribution in [2.75, 3.05) is 12.8 Å². The lowest BCUT2D eigenvalue weighted by atomic mass is 9.95. The summed E-state index contributed by atoms with van der Waals surface area (Å²) in [5.74, 6) is -0.161.